The molecule has 0 radical (unpaired) electrons. The van der Waals surface area contributed by atoms with Gasteiger partial charge in [-0.15, -0.1) is 0 Å². The maximum absolute atomic E-state index is 13.2. The summed E-state index contributed by atoms with van der Waals surface area (Å²) in [7, 11) is 0. The Hall–Kier alpha value is -3.13. The highest BCUT2D eigenvalue weighted by molar-refractivity contribution is 5.96. The second kappa shape index (κ2) is 9.62. The van der Waals surface area contributed by atoms with Gasteiger partial charge in [0.05, 0.1) is 24.3 Å². The number of rotatable bonds is 5. The number of pyridine rings is 1. The molecule has 1 spiro atoms. The van der Waals surface area contributed by atoms with E-state index in [1.165, 1.54) is 21.7 Å². The summed E-state index contributed by atoms with van der Waals surface area (Å²) >= 11 is 0. The van der Waals surface area contributed by atoms with E-state index in [0.29, 0.717) is 18.4 Å². The number of amides is 1. The maximum atomic E-state index is 13.2. The zero-order chi connectivity index (χ0) is 24.3. The van der Waals surface area contributed by atoms with Gasteiger partial charge in [-0.3, -0.25) is 4.79 Å². The first kappa shape index (κ1) is 24.0. The molecule has 2 N–H and O–H groups in total. The van der Waals surface area contributed by atoms with Crippen LogP contribution < -0.4 is 5.56 Å². The lowest BCUT2D eigenvalue weighted by Crippen LogP contribution is -2.63. The van der Waals surface area contributed by atoms with E-state index in [4.69, 9.17) is 4.74 Å². The Bertz CT molecular complexity index is 1110. The van der Waals surface area contributed by atoms with Crippen LogP contribution in [0, 0.1) is 5.41 Å². The molecule has 2 aromatic rings. The van der Waals surface area contributed by atoms with Crippen LogP contribution in [0.1, 0.15) is 55.8 Å². The van der Waals surface area contributed by atoms with Gasteiger partial charge in [0.1, 0.15) is 0 Å². The third-order valence-corrected chi connectivity index (χ3v) is 7.50. The largest absolute Gasteiger partial charge is 0.465 e. The van der Waals surface area contributed by atoms with Crippen molar-refractivity contribution in [1.82, 2.24) is 9.47 Å². The number of carbonyl (C=O) groups is 2. The van der Waals surface area contributed by atoms with Crippen LogP contribution in [-0.2, 0) is 11.3 Å². The second-order valence-corrected chi connectivity index (χ2v) is 9.48. The number of esters is 1. The second-order valence-electron chi connectivity index (χ2n) is 9.48. The molecule has 1 aliphatic carbocycles. The van der Waals surface area contributed by atoms with E-state index >= 15 is 0 Å². The fraction of sp³-hybridized carbons (Fsp3) is 0.500. The molecule has 1 amide bonds. The molecule has 1 saturated carbocycles. The number of nitrogens with zero attached hydrogens (tertiary/aromatic N) is 2. The molecule has 2 fully saturated rings. The highest BCUT2D eigenvalue weighted by Crippen LogP contribution is 2.50. The number of hydrogen-bond donors (Lipinski definition) is 2. The first-order chi connectivity index (χ1) is 16.3. The number of aromatic nitrogens is 1. The first-order valence-corrected chi connectivity index (χ1v) is 12.0. The molecule has 34 heavy (non-hydrogen) atoms. The average Bonchev–Trinajstić information content (AvgIpc) is 2.83. The van der Waals surface area contributed by atoms with Crippen molar-refractivity contribution < 1.29 is 24.5 Å². The van der Waals surface area contributed by atoms with Crippen LogP contribution in [0.2, 0.25) is 0 Å². The molecule has 1 aromatic heterocycles. The molecule has 4 rings (SSSR count). The Kier molecular flexibility index (Phi) is 6.79. The lowest BCUT2D eigenvalue weighted by Gasteiger charge is -2.55. The SMILES string of the molecule is CCOC(=O)c1cn(CC2(O)CCN(C(=O)O)CC23CCCCC3)c(=O)cc1-c1ccccc1. The van der Waals surface area contributed by atoms with Crippen LogP contribution in [-0.4, -0.2) is 57.0 Å². The first-order valence-electron chi connectivity index (χ1n) is 12.0. The zero-order valence-corrected chi connectivity index (χ0v) is 19.5. The molecule has 8 nitrogen and oxygen atoms in total. The quantitative estimate of drug-likeness (QED) is 0.647. The van der Waals surface area contributed by atoms with Gasteiger partial charge in [-0.25, -0.2) is 9.59 Å². The minimum absolute atomic E-state index is 0.000761. The number of ether oxygens (including phenoxy) is 1. The Balaban J connectivity index is 1.75. The number of benzene rings is 1. The van der Waals surface area contributed by atoms with Crippen molar-refractivity contribution in [2.24, 2.45) is 5.41 Å². The highest BCUT2D eigenvalue weighted by Gasteiger charge is 2.54. The van der Waals surface area contributed by atoms with Crippen molar-refractivity contribution in [3.05, 3.63) is 58.5 Å². The molecule has 0 bridgehead atoms. The number of likely N-dealkylation sites (tertiary alicyclic amines) is 1. The third-order valence-electron chi connectivity index (χ3n) is 7.50. The smallest absolute Gasteiger partial charge is 0.407 e. The maximum Gasteiger partial charge on any atom is 0.407 e. The number of hydrogen-bond acceptors (Lipinski definition) is 5. The van der Waals surface area contributed by atoms with E-state index in [9.17, 15) is 24.6 Å². The lowest BCUT2D eigenvalue weighted by atomic mass is 9.60. The van der Waals surface area contributed by atoms with Crippen molar-refractivity contribution in [1.29, 1.82) is 0 Å². The van der Waals surface area contributed by atoms with E-state index in [2.05, 4.69) is 0 Å². The predicted molar refractivity (Wildman–Crippen MR) is 127 cm³/mol. The van der Waals surface area contributed by atoms with Gasteiger partial charge >= 0.3 is 12.1 Å². The topological polar surface area (TPSA) is 109 Å². The van der Waals surface area contributed by atoms with Crippen molar-refractivity contribution in [2.45, 2.75) is 57.6 Å². The van der Waals surface area contributed by atoms with E-state index in [0.717, 1.165) is 24.8 Å². The van der Waals surface area contributed by atoms with Gasteiger partial charge in [0, 0.05) is 36.3 Å². The molecule has 1 aliphatic heterocycles. The van der Waals surface area contributed by atoms with Gasteiger partial charge in [0.25, 0.3) is 5.56 Å². The lowest BCUT2D eigenvalue weighted by molar-refractivity contribution is -0.154. The highest BCUT2D eigenvalue weighted by atomic mass is 16.5. The van der Waals surface area contributed by atoms with Crippen LogP contribution >= 0.6 is 0 Å². The summed E-state index contributed by atoms with van der Waals surface area (Å²) < 4.78 is 6.66. The minimum atomic E-state index is -1.26. The number of carboxylic acid groups (broad SMARTS) is 1. The van der Waals surface area contributed by atoms with E-state index in [1.54, 1.807) is 6.92 Å². The van der Waals surface area contributed by atoms with Crippen LogP contribution in [0.15, 0.2) is 47.4 Å². The number of aliphatic hydroxyl groups is 1. The summed E-state index contributed by atoms with van der Waals surface area (Å²) in [6, 6.07) is 10.6. The monoisotopic (exact) mass is 468 g/mol. The number of carbonyl (C=O) groups excluding carboxylic acids is 1. The standard InChI is InChI=1S/C26H32N2O6/c1-2-34-23(30)21-16-28(22(29)15-20(21)19-9-5-3-6-10-19)18-26(33)13-14-27(24(31)32)17-25(26)11-7-4-8-12-25/h3,5-6,9-10,15-16,33H,2,4,7-8,11-14,17-18H2,1H3,(H,31,32). The van der Waals surface area contributed by atoms with Gasteiger partial charge in [-0.1, -0.05) is 49.6 Å². The van der Waals surface area contributed by atoms with Gasteiger partial charge in [0.15, 0.2) is 0 Å². The van der Waals surface area contributed by atoms with Gasteiger partial charge in [-0.2, -0.15) is 0 Å². The Morgan fingerprint density at radius 3 is 2.44 bits per heavy atom. The molecular weight excluding hydrogens is 436 g/mol. The van der Waals surface area contributed by atoms with Gasteiger partial charge in [-0.05, 0) is 31.7 Å². The summed E-state index contributed by atoms with van der Waals surface area (Å²) in [5.74, 6) is -0.532. The Morgan fingerprint density at radius 1 is 1.09 bits per heavy atom. The van der Waals surface area contributed by atoms with Crippen molar-refractivity contribution in [3.8, 4) is 11.1 Å². The summed E-state index contributed by atoms with van der Waals surface area (Å²) in [5, 5.41) is 21.5. The van der Waals surface area contributed by atoms with Crippen molar-refractivity contribution >= 4 is 12.1 Å². The molecule has 8 heteroatoms. The fourth-order valence-electron chi connectivity index (χ4n) is 5.65. The zero-order valence-electron chi connectivity index (χ0n) is 19.5. The van der Waals surface area contributed by atoms with Crippen LogP contribution in [0.25, 0.3) is 11.1 Å². The van der Waals surface area contributed by atoms with E-state index in [1.807, 2.05) is 30.3 Å². The predicted octanol–water partition coefficient (Wildman–Crippen LogP) is 3.76. The Morgan fingerprint density at radius 2 is 1.79 bits per heavy atom. The molecule has 182 valence electrons. The van der Waals surface area contributed by atoms with Crippen LogP contribution in [0.5, 0.6) is 0 Å². The average molecular weight is 469 g/mol. The molecule has 1 atom stereocenters. The normalized spacial score (nSPS) is 21.9. The van der Waals surface area contributed by atoms with Gasteiger partial charge in [0.2, 0.25) is 0 Å². The minimum Gasteiger partial charge on any atom is -0.465 e. The fourth-order valence-corrected chi connectivity index (χ4v) is 5.65. The number of piperidine rings is 1. The summed E-state index contributed by atoms with van der Waals surface area (Å²) in [5.41, 5.74) is -0.733. The van der Waals surface area contributed by atoms with Crippen LogP contribution in [0.4, 0.5) is 4.79 Å². The van der Waals surface area contributed by atoms with Crippen molar-refractivity contribution in [3.63, 3.8) is 0 Å². The molecule has 1 aromatic carbocycles. The Labute approximate surface area is 198 Å². The van der Waals surface area contributed by atoms with E-state index in [-0.39, 0.29) is 43.8 Å². The molecule has 1 saturated heterocycles. The van der Waals surface area contributed by atoms with Crippen molar-refractivity contribution in [2.75, 3.05) is 19.7 Å². The molecule has 1 unspecified atom stereocenters. The van der Waals surface area contributed by atoms with E-state index < -0.39 is 23.1 Å². The summed E-state index contributed by atoms with van der Waals surface area (Å²) in [6.07, 6.45) is 5.01. The third kappa shape index (κ3) is 4.46. The summed E-state index contributed by atoms with van der Waals surface area (Å²) in [6.45, 7) is 2.38. The summed E-state index contributed by atoms with van der Waals surface area (Å²) in [4.78, 5) is 39.1. The van der Waals surface area contributed by atoms with Gasteiger partial charge < -0.3 is 24.4 Å². The van der Waals surface area contributed by atoms with Crippen LogP contribution in [0.3, 0.4) is 0 Å². The molecule has 2 heterocycles. The molecular formula is C26H32N2O6. The molecule has 2 aliphatic rings.